The summed E-state index contributed by atoms with van der Waals surface area (Å²) in [5, 5.41) is 0. The summed E-state index contributed by atoms with van der Waals surface area (Å²) < 4.78 is 0. The molecule has 1 aromatic rings. The van der Waals surface area contributed by atoms with Crippen LogP contribution in [0, 0.1) is 5.92 Å². The van der Waals surface area contributed by atoms with E-state index in [1.807, 2.05) is 35.2 Å². The second kappa shape index (κ2) is 6.71. The number of nitrogens with zero attached hydrogens (tertiary/aromatic N) is 1. The van der Waals surface area contributed by atoms with Crippen LogP contribution in [0.2, 0.25) is 0 Å². The Morgan fingerprint density at radius 3 is 2.84 bits per heavy atom. The zero-order valence-corrected chi connectivity index (χ0v) is 11.7. The average molecular weight is 260 g/mol. The summed E-state index contributed by atoms with van der Waals surface area (Å²) in [7, 11) is 0. The Kier molecular flexibility index (Phi) is 4.97. The van der Waals surface area contributed by atoms with Crippen LogP contribution in [-0.4, -0.2) is 29.9 Å². The van der Waals surface area contributed by atoms with Crippen molar-refractivity contribution in [1.29, 1.82) is 0 Å². The molecule has 0 aromatic heterocycles. The second-order valence-corrected chi connectivity index (χ2v) is 5.50. The first-order valence-corrected chi connectivity index (χ1v) is 7.29. The monoisotopic (exact) mass is 260 g/mol. The van der Waals surface area contributed by atoms with Crippen molar-refractivity contribution < 1.29 is 4.79 Å². The molecule has 104 valence electrons. The molecule has 0 bridgehead atoms. The Balaban J connectivity index is 1.91. The SMILES string of the molecule is CCC1CCCN(C(=O)[C@H](N)Cc2ccccc2)C1. The van der Waals surface area contributed by atoms with E-state index in [1.54, 1.807) is 0 Å². The summed E-state index contributed by atoms with van der Waals surface area (Å²) in [6.45, 7) is 3.96. The fourth-order valence-corrected chi connectivity index (χ4v) is 2.79. The topological polar surface area (TPSA) is 46.3 Å². The van der Waals surface area contributed by atoms with E-state index in [-0.39, 0.29) is 5.91 Å². The van der Waals surface area contributed by atoms with Gasteiger partial charge in [-0.15, -0.1) is 0 Å². The number of nitrogens with two attached hydrogens (primary N) is 1. The first-order chi connectivity index (χ1) is 9.20. The van der Waals surface area contributed by atoms with Crippen LogP contribution in [-0.2, 0) is 11.2 Å². The molecule has 1 aliphatic heterocycles. The number of likely N-dealkylation sites (tertiary alicyclic amines) is 1. The molecule has 0 aliphatic carbocycles. The molecule has 2 N–H and O–H groups in total. The Morgan fingerprint density at radius 2 is 2.16 bits per heavy atom. The van der Waals surface area contributed by atoms with Gasteiger partial charge in [-0.1, -0.05) is 43.7 Å². The summed E-state index contributed by atoms with van der Waals surface area (Å²) in [5.74, 6) is 0.767. The largest absolute Gasteiger partial charge is 0.341 e. The van der Waals surface area contributed by atoms with E-state index >= 15 is 0 Å². The highest BCUT2D eigenvalue weighted by Gasteiger charge is 2.26. The number of benzene rings is 1. The molecule has 1 saturated heterocycles. The number of carbonyl (C=O) groups excluding carboxylic acids is 1. The Morgan fingerprint density at radius 1 is 1.42 bits per heavy atom. The Hall–Kier alpha value is -1.35. The van der Waals surface area contributed by atoms with Crippen LogP contribution in [0.1, 0.15) is 31.7 Å². The van der Waals surface area contributed by atoms with Crippen molar-refractivity contribution in [2.75, 3.05) is 13.1 Å². The molecule has 1 aromatic carbocycles. The highest BCUT2D eigenvalue weighted by atomic mass is 16.2. The lowest BCUT2D eigenvalue weighted by atomic mass is 9.94. The molecule has 1 heterocycles. The Labute approximate surface area is 115 Å². The van der Waals surface area contributed by atoms with E-state index < -0.39 is 6.04 Å². The molecule has 0 spiro atoms. The zero-order chi connectivity index (χ0) is 13.7. The number of hydrogen-bond donors (Lipinski definition) is 1. The zero-order valence-electron chi connectivity index (χ0n) is 11.7. The maximum absolute atomic E-state index is 12.4. The molecule has 0 radical (unpaired) electrons. The van der Waals surface area contributed by atoms with Gasteiger partial charge in [-0.05, 0) is 30.7 Å². The van der Waals surface area contributed by atoms with Gasteiger partial charge in [-0.3, -0.25) is 4.79 Å². The van der Waals surface area contributed by atoms with Gasteiger partial charge in [-0.25, -0.2) is 0 Å². The van der Waals surface area contributed by atoms with Gasteiger partial charge in [0.2, 0.25) is 5.91 Å². The summed E-state index contributed by atoms with van der Waals surface area (Å²) in [5.41, 5.74) is 7.21. The molecule has 3 heteroatoms. The van der Waals surface area contributed by atoms with Crippen LogP contribution in [0.4, 0.5) is 0 Å². The average Bonchev–Trinajstić information content (AvgIpc) is 2.47. The molecule has 2 atom stereocenters. The van der Waals surface area contributed by atoms with Crippen molar-refractivity contribution in [2.24, 2.45) is 11.7 Å². The first-order valence-electron chi connectivity index (χ1n) is 7.29. The molecule has 1 amide bonds. The van der Waals surface area contributed by atoms with E-state index in [9.17, 15) is 4.79 Å². The van der Waals surface area contributed by atoms with Crippen LogP contribution in [0.3, 0.4) is 0 Å². The number of carbonyl (C=O) groups is 1. The van der Waals surface area contributed by atoms with E-state index in [4.69, 9.17) is 5.73 Å². The Bertz CT molecular complexity index is 404. The lowest BCUT2D eigenvalue weighted by Crippen LogP contribution is -2.48. The van der Waals surface area contributed by atoms with Gasteiger partial charge in [0, 0.05) is 13.1 Å². The van der Waals surface area contributed by atoms with E-state index in [2.05, 4.69) is 6.92 Å². The summed E-state index contributed by atoms with van der Waals surface area (Å²) >= 11 is 0. The van der Waals surface area contributed by atoms with Crippen molar-refractivity contribution in [2.45, 2.75) is 38.6 Å². The molecule has 1 aliphatic rings. The van der Waals surface area contributed by atoms with Gasteiger partial charge in [0.25, 0.3) is 0 Å². The first kappa shape index (κ1) is 14.1. The van der Waals surface area contributed by atoms with Crippen LogP contribution in [0.5, 0.6) is 0 Å². The third-order valence-corrected chi connectivity index (χ3v) is 4.02. The van der Waals surface area contributed by atoms with E-state index in [0.29, 0.717) is 12.3 Å². The van der Waals surface area contributed by atoms with Crippen molar-refractivity contribution in [3.8, 4) is 0 Å². The van der Waals surface area contributed by atoms with Gasteiger partial charge in [0.15, 0.2) is 0 Å². The number of amides is 1. The smallest absolute Gasteiger partial charge is 0.239 e. The third-order valence-electron chi connectivity index (χ3n) is 4.02. The maximum Gasteiger partial charge on any atom is 0.239 e. The van der Waals surface area contributed by atoms with Crippen molar-refractivity contribution in [3.63, 3.8) is 0 Å². The summed E-state index contributed by atoms with van der Waals surface area (Å²) in [4.78, 5) is 14.3. The van der Waals surface area contributed by atoms with Gasteiger partial charge >= 0.3 is 0 Å². The molecule has 1 unspecified atom stereocenters. The van der Waals surface area contributed by atoms with Gasteiger partial charge in [-0.2, -0.15) is 0 Å². The molecule has 19 heavy (non-hydrogen) atoms. The molecule has 2 rings (SSSR count). The highest BCUT2D eigenvalue weighted by Crippen LogP contribution is 2.19. The van der Waals surface area contributed by atoms with Crippen molar-refractivity contribution in [3.05, 3.63) is 35.9 Å². The quantitative estimate of drug-likeness (QED) is 0.902. The molecule has 0 saturated carbocycles. The second-order valence-electron chi connectivity index (χ2n) is 5.50. The standard InChI is InChI=1S/C16H24N2O/c1-2-13-9-6-10-18(12-13)16(19)15(17)11-14-7-4-3-5-8-14/h3-5,7-8,13,15H,2,6,9-12,17H2,1H3/t13?,15-/m1/s1. The van der Waals surface area contributed by atoms with E-state index in [0.717, 1.165) is 31.5 Å². The lowest BCUT2D eigenvalue weighted by Gasteiger charge is -2.34. The molecular formula is C16H24N2O. The van der Waals surface area contributed by atoms with Crippen LogP contribution >= 0.6 is 0 Å². The third kappa shape index (κ3) is 3.80. The van der Waals surface area contributed by atoms with E-state index in [1.165, 1.54) is 6.42 Å². The predicted molar refractivity (Wildman–Crippen MR) is 77.7 cm³/mol. The van der Waals surface area contributed by atoms with Crippen LogP contribution < -0.4 is 5.73 Å². The number of piperidine rings is 1. The normalized spacial score (nSPS) is 21.2. The fraction of sp³-hybridized carbons (Fsp3) is 0.562. The minimum Gasteiger partial charge on any atom is -0.341 e. The van der Waals surface area contributed by atoms with Gasteiger partial charge in [0.05, 0.1) is 6.04 Å². The van der Waals surface area contributed by atoms with Crippen molar-refractivity contribution >= 4 is 5.91 Å². The molecule has 3 nitrogen and oxygen atoms in total. The fourth-order valence-electron chi connectivity index (χ4n) is 2.79. The van der Waals surface area contributed by atoms with Gasteiger partial charge in [0.1, 0.15) is 0 Å². The lowest BCUT2D eigenvalue weighted by molar-refractivity contribution is -0.134. The number of rotatable bonds is 4. The summed E-state index contributed by atoms with van der Waals surface area (Å²) in [6.07, 6.45) is 4.14. The highest BCUT2D eigenvalue weighted by molar-refractivity contribution is 5.82. The minimum absolute atomic E-state index is 0.113. The minimum atomic E-state index is -0.405. The van der Waals surface area contributed by atoms with Crippen LogP contribution in [0.25, 0.3) is 0 Å². The van der Waals surface area contributed by atoms with Gasteiger partial charge < -0.3 is 10.6 Å². The summed E-state index contributed by atoms with van der Waals surface area (Å²) in [6, 6.07) is 9.60. The predicted octanol–water partition coefficient (Wildman–Crippen LogP) is 2.21. The molecular weight excluding hydrogens is 236 g/mol. The maximum atomic E-state index is 12.4. The van der Waals surface area contributed by atoms with Crippen LogP contribution in [0.15, 0.2) is 30.3 Å². The molecule has 1 fully saturated rings. The van der Waals surface area contributed by atoms with Crippen molar-refractivity contribution in [1.82, 2.24) is 4.90 Å². The number of hydrogen-bond acceptors (Lipinski definition) is 2.